The highest BCUT2D eigenvalue weighted by Crippen LogP contribution is 2.49. The van der Waals surface area contributed by atoms with Crippen molar-refractivity contribution in [3.05, 3.63) is 95.1 Å². The number of carbonyl (C=O) groups excluding carboxylic acids is 2. The molecule has 1 aromatic heterocycles. The third kappa shape index (κ3) is 5.10. The van der Waals surface area contributed by atoms with E-state index < -0.39 is 17.6 Å². The van der Waals surface area contributed by atoms with Gasteiger partial charge in [0.25, 0.3) is 0 Å². The molecule has 1 aliphatic carbocycles. The minimum atomic E-state index is -0.600. The molecule has 1 atom stereocenters. The number of nitrogens with one attached hydrogen (secondary N) is 1. The van der Waals surface area contributed by atoms with Gasteiger partial charge in [-0.05, 0) is 59.1 Å². The molecule has 1 aliphatic rings. The summed E-state index contributed by atoms with van der Waals surface area (Å²) in [7, 11) is 1.43. The fourth-order valence-corrected chi connectivity index (χ4v) is 5.43. The van der Waals surface area contributed by atoms with Crippen molar-refractivity contribution in [3.63, 3.8) is 0 Å². The van der Waals surface area contributed by atoms with Crippen molar-refractivity contribution in [2.24, 2.45) is 0 Å². The molecule has 6 nitrogen and oxygen atoms in total. The molecule has 0 spiro atoms. The third-order valence-electron chi connectivity index (χ3n) is 6.67. The highest BCUT2D eigenvalue weighted by atomic mass is 35.5. The first-order valence-corrected chi connectivity index (χ1v) is 13.0. The second kappa shape index (κ2) is 10.4. The Bertz CT molecular complexity index is 1410. The van der Waals surface area contributed by atoms with Crippen molar-refractivity contribution in [3.8, 4) is 21.6 Å². The molecule has 0 unspecified atom stereocenters. The minimum Gasteiger partial charge on any atom is -0.468 e. The topological polar surface area (TPSA) is 77.5 Å². The van der Waals surface area contributed by atoms with Gasteiger partial charge in [0.05, 0.1) is 17.4 Å². The lowest BCUT2D eigenvalue weighted by atomic mass is 9.93. The van der Waals surface area contributed by atoms with Crippen LogP contribution in [0.5, 0.6) is 0 Å². The number of anilines is 1. The summed E-state index contributed by atoms with van der Waals surface area (Å²) < 4.78 is 14.7. The highest BCUT2D eigenvalue weighted by molar-refractivity contribution is 7.10. The number of carbonyl (C=O) groups is 2. The van der Waals surface area contributed by atoms with Crippen LogP contribution in [-0.4, -0.2) is 23.5 Å². The molecule has 3 aromatic carbocycles. The van der Waals surface area contributed by atoms with Gasteiger partial charge < -0.3 is 9.47 Å². The normalized spacial score (nSPS) is 14.5. The summed E-state index contributed by atoms with van der Waals surface area (Å²) in [5, 5.41) is 2.97. The van der Waals surface area contributed by atoms with E-state index in [0.29, 0.717) is 5.69 Å². The Kier molecular flexibility index (Phi) is 7.00. The molecule has 0 radical (unpaired) electrons. The molecule has 1 N–H and O–H groups in total. The van der Waals surface area contributed by atoms with Gasteiger partial charge in [-0.2, -0.15) is 4.37 Å². The highest BCUT2D eigenvalue weighted by Gasteiger charge is 2.52. The number of nitrogens with zero attached hydrogens (tertiary/aromatic N) is 1. The van der Waals surface area contributed by atoms with Crippen LogP contribution in [0.3, 0.4) is 0 Å². The van der Waals surface area contributed by atoms with E-state index in [1.807, 2.05) is 85.8 Å². The Morgan fingerprint density at radius 1 is 0.946 bits per heavy atom. The van der Waals surface area contributed by atoms with Crippen molar-refractivity contribution in [1.29, 1.82) is 0 Å². The van der Waals surface area contributed by atoms with Crippen LogP contribution in [0, 0.1) is 0 Å². The number of rotatable bonds is 7. The molecule has 5 rings (SSSR count). The molecule has 1 saturated carbocycles. The van der Waals surface area contributed by atoms with Gasteiger partial charge in [0, 0.05) is 0 Å². The van der Waals surface area contributed by atoms with Crippen molar-refractivity contribution in [2.45, 2.75) is 31.3 Å². The minimum absolute atomic E-state index is 0.171. The van der Waals surface area contributed by atoms with Crippen LogP contribution >= 0.6 is 23.1 Å². The zero-order chi connectivity index (χ0) is 26.0. The van der Waals surface area contributed by atoms with E-state index in [9.17, 15) is 9.59 Å². The number of hydrogen-bond donors (Lipinski definition) is 1. The largest absolute Gasteiger partial charge is 0.468 e. The zero-order valence-electron chi connectivity index (χ0n) is 20.4. The lowest BCUT2D eigenvalue weighted by Gasteiger charge is -2.14. The molecule has 1 amide bonds. The van der Waals surface area contributed by atoms with E-state index in [0.717, 1.165) is 45.5 Å². The maximum Gasteiger partial charge on any atom is 0.412 e. The lowest BCUT2D eigenvalue weighted by molar-refractivity contribution is -0.143. The third-order valence-corrected chi connectivity index (χ3v) is 7.94. The smallest absolute Gasteiger partial charge is 0.412 e. The molecule has 0 aliphatic heterocycles. The first kappa shape index (κ1) is 25.0. The maximum atomic E-state index is 12.6. The Hall–Kier alpha value is -3.68. The molecule has 1 fully saturated rings. The van der Waals surface area contributed by atoms with E-state index in [1.54, 1.807) is 0 Å². The van der Waals surface area contributed by atoms with Gasteiger partial charge in [0.15, 0.2) is 5.15 Å². The van der Waals surface area contributed by atoms with E-state index in [2.05, 4.69) is 9.69 Å². The van der Waals surface area contributed by atoms with Gasteiger partial charge in [-0.1, -0.05) is 90.5 Å². The standard InChI is InChI=1S/C29H25ClN2O4S/c1-18(19-6-4-3-5-7-19)36-28(34)31-24-25(37-32-26(24)30)22-10-8-20(9-11-22)21-12-14-23(15-13-21)29(16-17-29)27(33)35-2/h3-15,18H,16-17H2,1-2H3,(H,31,34)/t18-/m1/s1. The van der Waals surface area contributed by atoms with Crippen molar-refractivity contribution in [2.75, 3.05) is 12.4 Å². The number of aromatic nitrogens is 1. The molecular formula is C29H25ClN2O4S. The maximum absolute atomic E-state index is 12.6. The van der Waals surface area contributed by atoms with Crippen LogP contribution in [0.2, 0.25) is 5.15 Å². The van der Waals surface area contributed by atoms with Gasteiger partial charge in [0.2, 0.25) is 0 Å². The quantitative estimate of drug-likeness (QED) is 0.247. The van der Waals surface area contributed by atoms with Gasteiger partial charge in [-0.3, -0.25) is 10.1 Å². The molecule has 188 valence electrons. The van der Waals surface area contributed by atoms with Gasteiger partial charge in [-0.25, -0.2) is 4.79 Å². The second-order valence-electron chi connectivity index (χ2n) is 8.99. The van der Waals surface area contributed by atoms with Crippen LogP contribution in [-0.2, 0) is 19.7 Å². The summed E-state index contributed by atoms with van der Waals surface area (Å²) in [4.78, 5) is 25.5. The SMILES string of the molecule is COC(=O)C1(c2ccc(-c3ccc(-c4snc(Cl)c4NC(=O)O[C@H](C)c4ccccc4)cc3)cc2)CC1. The molecule has 4 aromatic rings. The van der Waals surface area contributed by atoms with Gasteiger partial charge in [-0.15, -0.1) is 0 Å². The number of methoxy groups -OCH3 is 1. The van der Waals surface area contributed by atoms with Crippen LogP contribution in [0.15, 0.2) is 78.9 Å². The van der Waals surface area contributed by atoms with Crippen LogP contribution in [0.25, 0.3) is 21.6 Å². The van der Waals surface area contributed by atoms with Crippen molar-refractivity contribution in [1.82, 2.24) is 4.37 Å². The Morgan fingerprint density at radius 3 is 2.14 bits per heavy atom. The molecule has 0 saturated heterocycles. The van der Waals surface area contributed by atoms with E-state index in [1.165, 1.54) is 18.6 Å². The van der Waals surface area contributed by atoms with Crippen molar-refractivity contribution < 1.29 is 19.1 Å². The molecule has 8 heteroatoms. The number of amides is 1. The Labute approximate surface area is 224 Å². The summed E-state index contributed by atoms with van der Waals surface area (Å²) in [6.07, 6.45) is 0.625. The average molecular weight is 533 g/mol. The monoisotopic (exact) mass is 532 g/mol. The van der Waals surface area contributed by atoms with Crippen LogP contribution < -0.4 is 5.32 Å². The van der Waals surface area contributed by atoms with E-state index >= 15 is 0 Å². The predicted octanol–water partition coefficient (Wildman–Crippen LogP) is 7.64. The van der Waals surface area contributed by atoms with Gasteiger partial charge >= 0.3 is 12.1 Å². The van der Waals surface area contributed by atoms with Crippen molar-refractivity contribution >= 4 is 40.9 Å². The Morgan fingerprint density at radius 2 is 1.54 bits per heavy atom. The fourth-order valence-electron chi connectivity index (χ4n) is 4.39. The van der Waals surface area contributed by atoms with E-state index in [4.69, 9.17) is 21.1 Å². The molecule has 0 bridgehead atoms. The van der Waals surface area contributed by atoms with Gasteiger partial charge in [0.1, 0.15) is 11.8 Å². The zero-order valence-corrected chi connectivity index (χ0v) is 21.9. The molecular weight excluding hydrogens is 508 g/mol. The van der Waals surface area contributed by atoms with Crippen LogP contribution in [0.4, 0.5) is 10.5 Å². The summed E-state index contributed by atoms with van der Waals surface area (Å²) in [6, 6.07) is 25.5. The number of halogens is 1. The summed E-state index contributed by atoms with van der Waals surface area (Å²) in [6.45, 7) is 1.81. The number of ether oxygens (including phenoxy) is 2. The Balaban J connectivity index is 1.30. The number of hydrogen-bond acceptors (Lipinski definition) is 6. The fraction of sp³-hybridized carbons (Fsp3) is 0.207. The number of esters is 1. The second-order valence-corrected chi connectivity index (χ2v) is 10.1. The molecule has 1 heterocycles. The summed E-state index contributed by atoms with van der Waals surface area (Å²) in [5.41, 5.74) is 4.77. The predicted molar refractivity (Wildman–Crippen MR) is 146 cm³/mol. The first-order valence-electron chi connectivity index (χ1n) is 11.9. The first-order chi connectivity index (χ1) is 17.9. The summed E-state index contributed by atoms with van der Waals surface area (Å²) >= 11 is 7.51. The summed E-state index contributed by atoms with van der Waals surface area (Å²) in [5.74, 6) is -0.171. The lowest BCUT2D eigenvalue weighted by Crippen LogP contribution is -2.21. The average Bonchev–Trinajstić information content (AvgIpc) is 3.67. The molecule has 37 heavy (non-hydrogen) atoms. The van der Waals surface area contributed by atoms with Crippen LogP contribution in [0.1, 0.15) is 37.0 Å². The van der Waals surface area contributed by atoms with E-state index in [-0.39, 0.29) is 11.1 Å². The number of benzene rings is 3.